The lowest BCUT2D eigenvalue weighted by atomic mass is 9.84. The van der Waals surface area contributed by atoms with Crippen molar-refractivity contribution in [1.29, 1.82) is 0 Å². The van der Waals surface area contributed by atoms with Crippen molar-refractivity contribution in [2.45, 2.75) is 52.0 Å². The highest BCUT2D eigenvalue weighted by atomic mass is 16.4. The first-order valence-corrected chi connectivity index (χ1v) is 6.72. The van der Waals surface area contributed by atoms with Crippen molar-refractivity contribution in [3.63, 3.8) is 0 Å². The number of nitrogens with zero attached hydrogens (tertiary/aromatic N) is 2. The molecule has 1 aromatic rings. The lowest BCUT2D eigenvalue weighted by Crippen LogP contribution is -2.45. The third-order valence-electron chi connectivity index (χ3n) is 3.40. The smallest absolute Gasteiger partial charge is 0.305 e. The summed E-state index contributed by atoms with van der Waals surface area (Å²) >= 11 is 0. The lowest BCUT2D eigenvalue weighted by molar-refractivity contribution is -0.138. The second-order valence-corrected chi connectivity index (χ2v) is 6.31. The minimum Gasteiger partial charge on any atom is -0.481 e. The first kappa shape index (κ1) is 14.5. The summed E-state index contributed by atoms with van der Waals surface area (Å²) in [6.07, 6.45) is 2.01. The average Bonchev–Trinajstić information content (AvgIpc) is 3.04. The molecule has 0 saturated heterocycles. The van der Waals surface area contributed by atoms with Crippen LogP contribution in [0.1, 0.15) is 62.4 Å². The zero-order chi connectivity index (χ0) is 14.9. The number of carboxylic acid groups (broad SMARTS) is 1. The molecule has 1 aromatic heterocycles. The van der Waals surface area contributed by atoms with E-state index in [-0.39, 0.29) is 17.7 Å². The van der Waals surface area contributed by atoms with Gasteiger partial charge in [0.25, 0.3) is 5.91 Å². The van der Waals surface area contributed by atoms with E-state index in [1.165, 1.54) is 0 Å². The normalized spacial score (nSPS) is 16.8. The largest absolute Gasteiger partial charge is 0.481 e. The summed E-state index contributed by atoms with van der Waals surface area (Å²) in [6.45, 7) is 5.65. The molecule has 1 saturated carbocycles. The van der Waals surface area contributed by atoms with E-state index < -0.39 is 17.9 Å². The van der Waals surface area contributed by atoms with Crippen LogP contribution in [0, 0.1) is 5.41 Å². The zero-order valence-electron chi connectivity index (χ0n) is 11.9. The second-order valence-electron chi connectivity index (χ2n) is 6.31. The van der Waals surface area contributed by atoms with Crippen molar-refractivity contribution < 1.29 is 14.7 Å². The Morgan fingerprint density at radius 3 is 2.60 bits per heavy atom. The van der Waals surface area contributed by atoms with Gasteiger partial charge in [0.2, 0.25) is 5.82 Å². The predicted octanol–water partition coefficient (Wildman–Crippen LogP) is 1.30. The maximum atomic E-state index is 12.1. The van der Waals surface area contributed by atoms with Crippen LogP contribution in [0.2, 0.25) is 0 Å². The molecule has 0 radical (unpaired) electrons. The van der Waals surface area contributed by atoms with Gasteiger partial charge in [-0.1, -0.05) is 20.8 Å². The molecule has 7 heteroatoms. The maximum absolute atomic E-state index is 12.1. The number of aromatic amines is 1. The lowest BCUT2D eigenvalue weighted by Gasteiger charge is -2.29. The van der Waals surface area contributed by atoms with E-state index >= 15 is 0 Å². The Hall–Kier alpha value is -1.92. The molecule has 110 valence electrons. The van der Waals surface area contributed by atoms with Crippen molar-refractivity contribution in [2.75, 3.05) is 0 Å². The Morgan fingerprint density at radius 1 is 1.45 bits per heavy atom. The fourth-order valence-electron chi connectivity index (χ4n) is 1.89. The highest BCUT2D eigenvalue weighted by molar-refractivity contribution is 5.90. The number of hydrogen-bond donors (Lipinski definition) is 3. The number of carbonyl (C=O) groups is 2. The number of amides is 1. The molecule has 1 unspecified atom stereocenters. The molecule has 1 aliphatic rings. The first-order valence-electron chi connectivity index (χ1n) is 6.72. The van der Waals surface area contributed by atoms with Crippen LogP contribution in [-0.4, -0.2) is 38.2 Å². The van der Waals surface area contributed by atoms with Crippen LogP contribution < -0.4 is 5.32 Å². The molecule has 0 bridgehead atoms. The van der Waals surface area contributed by atoms with Crippen molar-refractivity contribution in [3.8, 4) is 0 Å². The van der Waals surface area contributed by atoms with Crippen molar-refractivity contribution in [2.24, 2.45) is 5.41 Å². The van der Waals surface area contributed by atoms with Crippen LogP contribution in [-0.2, 0) is 4.79 Å². The van der Waals surface area contributed by atoms with Crippen molar-refractivity contribution in [3.05, 3.63) is 11.6 Å². The summed E-state index contributed by atoms with van der Waals surface area (Å²) < 4.78 is 0. The number of aliphatic carboxylic acids is 1. The number of H-pyrrole nitrogens is 1. The third kappa shape index (κ3) is 3.55. The Balaban J connectivity index is 2.04. The molecule has 7 nitrogen and oxygen atoms in total. The Kier molecular flexibility index (Phi) is 3.78. The highest BCUT2D eigenvalue weighted by Gasteiger charge is 2.31. The van der Waals surface area contributed by atoms with Crippen LogP contribution in [0.4, 0.5) is 0 Å². The molecule has 1 heterocycles. The number of rotatable bonds is 5. The van der Waals surface area contributed by atoms with E-state index in [0.717, 1.165) is 18.7 Å². The summed E-state index contributed by atoms with van der Waals surface area (Å²) in [6, 6.07) is -0.477. The molecular formula is C13H20N4O3. The van der Waals surface area contributed by atoms with Gasteiger partial charge in [-0.2, -0.15) is 0 Å². The zero-order valence-corrected chi connectivity index (χ0v) is 11.9. The molecule has 0 aliphatic heterocycles. The Labute approximate surface area is 117 Å². The van der Waals surface area contributed by atoms with Gasteiger partial charge in [0.15, 0.2) is 0 Å². The molecule has 0 aromatic carbocycles. The number of carboxylic acids is 1. The van der Waals surface area contributed by atoms with E-state index in [9.17, 15) is 9.59 Å². The highest BCUT2D eigenvalue weighted by Crippen LogP contribution is 2.37. The summed E-state index contributed by atoms with van der Waals surface area (Å²) in [5.74, 6) is -0.179. The number of carbonyl (C=O) groups excluding carboxylic acids is 1. The standard InChI is InChI=1S/C13H20N4O3/c1-13(2,3)8(6-9(18)19)14-12(20)11-15-10(16-17-11)7-4-5-7/h7-8H,4-6H2,1-3H3,(H,14,20)(H,18,19)(H,15,16,17). The predicted molar refractivity (Wildman–Crippen MR) is 71.3 cm³/mol. The molecule has 1 atom stereocenters. The minimum atomic E-state index is -0.945. The van der Waals surface area contributed by atoms with Crippen LogP contribution in [0.25, 0.3) is 0 Å². The van der Waals surface area contributed by atoms with E-state index in [0.29, 0.717) is 5.92 Å². The van der Waals surface area contributed by atoms with Gasteiger partial charge in [-0.05, 0) is 18.3 Å². The van der Waals surface area contributed by atoms with Crippen LogP contribution in [0.5, 0.6) is 0 Å². The molecular weight excluding hydrogens is 260 g/mol. The molecule has 1 amide bonds. The van der Waals surface area contributed by atoms with Gasteiger partial charge in [-0.25, -0.2) is 4.98 Å². The van der Waals surface area contributed by atoms with E-state index in [1.807, 2.05) is 20.8 Å². The van der Waals surface area contributed by atoms with Gasteiger partial charge < -0.3 is 10.4 Å². The van der Waals surface area contributed by atoms with Crippen LogP contribution in [0.3, 0.4) is 0 Å². The first-order chi connectivity index (χ1) is 9.27. The van der Waals surface area contributed by atoms with Gasteiger partial charge >= 0.3 is 5.97 Å². The summed E-state index contributed by atoms with van der Waals surface area (Å²) in [7, 11) is 0. The summed E-state index contributed by atoms with van der Waals surface area (Å²) in [5.41, 5.74) is -0.357. The van der Waals surface area contributed by atoms with Crippen LogP contribution in [0.15, 0.2) is 0 Å². The fourth-order valence-corrected chi connectivity index (χ4v) is 1.89. The number of nitrogens with one attached hydrogen (secondary N) is 2. The molecule has 1 aliphatic carbocycles. The molecule has 20 heavy (non-hydrogen) atoms. The van der Waals surface area contributed by atoms with Gasteiger partial charge in [0.1, 0.15) is 5.82 Å². The van der Waals surface area contributed by atoms with Crippen molar-refractivity contribution >= 4 is 11.9 Å². The van der Waals surface area contributed by atoms with Gasteiger partial charge in [-0.15, -0.1) is 5.10 Å². The maximum Gasteiger partial charge on any atom is 0.305 e. The average molecular weight is 280 g/mol. The van der Waals surface area contributed by atoms with Crippen molar-refractivity contribution in [1.82, 2.24) is 20.5 Å². The second kappa shape index (κ2) is 5.22. The van der Waals surface area contributed by atoms with Gasteiger partial charge in [0.05, 0.1) is 6.42 Å². The summed E-state index contributed by atoms with van der Waals surface area (Å²) in [5, 5.41) is 18.3. The van der Waals surface area contributed by atoms with E-state index in [1.54, 1.807) is 0 Å². The SMILES string of the molecule is CC(C)(C)C(CC(=O)O)NC(=O)c1n[nH]c(C2CC2)n1. The van der Waals surface area contributed by atoms with E-state index in [4.69, 9.17) is 5.11 Å². The number of aromatic nitrogens is 3. The fraction of sp³-hybridized carbons (Fsp3) is 0.692. The quantitative estimate of drug-likeness (QED) is 0.753. The molecule has 0 spiro atoms. The van der Waals surface area contributed by atoms with Gasteiger partial charge in [0, 0.05) is 12.0 Å². The summed E-state index contributed by atoms with van der Waals surface area (Å²) in [4.78, 5) is 27.1. The molecule has 2 rings (SSSR count). The van der Waals surface area contributed by atoms with Crippen LogP contribution >= 0.6 is 0 Å². The topological polar surface area (TPSA) is 108 Å². The Bertz CT molecular complexity index is 514. The van der Waals surface area contributed by atoms with E-state index in [2.05, 4.69) is 20.5 Å². The minimum absolute atomic E-state index is 0.0755. The number of hydrogen-bond acceptors (Lipinski definition) is 4. The Morgan fingerprint density at radius 2 is 2.10 bits per heavy atom. The monoisotopic (exact) mass is 280 g/mol. The van der Waals surface area contributed by atoms with Gasteiger partial charge in [-0.3, -0.25) is 14.7 Å². The molecule has 1 fully saturated rings. The molecule has 3 N–H and O–H groups in total. The third-order valence-corrected chi connectivity index (χ3v) is 3.40.